The third-order valence-electron chi connectivity index (χ3n) is 4.21. The van der Waals surface area contributed by atoms with Crippen molar-refractivity contribution in [1.29, 1.82) is 0 Å². The van der Waals surface area contributed by atoms with Crippen LogP contribution >= 0.6 is 12.4 Å². The molecule has 0 aromatic carbocycles. The fourth-order valence-corrected chi connectivity index (χ4v) is 2.48. The Kier molecular flexibility index (Phi) is 6.66. The summed E-state index contributed by atoms with van der Waals surface area (Å²) in [5.74, 6) is 0.908. The first-order chi connectivity index (χ1) is 7.73. The minimum atomic E-state index is -0.0545. The topological polar surface area (TPSA) is 46.3 Å². The van der Waals surface area contributed by atoms with E-state index in [1.807, 2.05) is 18.7 Å². The average molecular weight is 277 g/mol. The highest BCUT2D eigenvalue weighted by atomic mass is 35.5. The second-order valence-electron chi connectivity index (χ2n) is 6.61. The summed E-state index contributed by atoms with van der Waals surface area (Å²) in [6.45, 7) is 12.5. The van der Waals surface area contributed by atoms with Crippen LogP contribution in [-0.4, -0.2) is 29.9 Å². The zero-order chi connectivity index (χ0) is 13.2. The summed E-state index contributed by atoms with van der Waals surface area (Å²) in [7, 11) is 0. The molecule has 1 amide bonds. The molecule has 1 aliphatic heterocycles. The Morgan fingerprint density at radius 3 is 2.00 bits per heavy atom. The fourth-order valence-electron chi connectivity index (χ4n) is 2.48. The van der Waals surface area contributed by atoms with E-state index in [0.717, 1.165) is 31.8 Å². The predicted molar refractivity (Wildman–Crippen MR) is 78.8 cm³/mol. The van der Waals surface area contributed by atoms with Crippen molar-refractivity contribution in [3.8, 4) is 0 Å². The van der Waals surface area contributed by atoms with E-state index in [-0.39, 0.29) is 30.3 Å². The van der Waals surface area contributed by atoms with Crippen LogP contribution in [0.3, 0.4) is 0 Å². The second kappa shape index (κ2) is 6.76. The first-order valence-corrected chi connectivity index (χ1v) is 6.78. The van der Waals surface area contributed by atoms with Gasteiger partial charge in [0, 0.05) is 19.1 Å². The lowest BCUT2D eigenvalue weighted by atomic mass is 9.75. The van der Waals surface area contributed by atoms with Crippen LogP contribution in [0, 0.1) is 17.3 Å². The Labute approximate surface area is 118 Å². The maximum atomic E-state index is 12.1. The van der Waals surface area contributed by atoms with Crippen molar-refractivity contribution in [2.75, 3.05) is 13.1 Å². The molecular weight excluding hydrogens is 248 g/mol. The minimum absolute atomic E-state index is 0. The van der Waals surface area contributed by atoms with Crippen LogP contribution in [0.2, 0.25) is 0 Å². The first-order valence-electron chi connectivity index (χ1n) is 6.78. The number of carbonyl (C=O) groups is 1. The van der Waals surface area contributed by atoms with Gasteiger partial charge < -0.3 is 10.6 Å². The number of hydrogen-bond donors (Lipinski definition) is 1. The molecule has 3 nitrogen and oxygen atoms in total. The van der Waals surface area contributed by atoms with Gasteiger partial charge in [-0.2, -0.15) is 0 Å². The van der Waals surface area contributed by atoms with Gasteiger partial charge in [0.05, 0.1) is 5.92 Å². The van der Waals surface area contributed by atoms with Crippen LogP contribution in [0.1, 0.15) is 47.5 Å². The number of nitrogens with zero attached hydrogens (tertiary/aromatic N) is 1. The minimum Gasteiger partial charge on any atom is -0.342 e. The van der Waals surface area contributed by atoms with E-state index < -0.39 is 0 Å². The quantitative estimate of drug-likeness (QED) is 0.843. The van der Waals surface area contributed by atoms with Gasteiger partial charge in [0.2, 0.25) is 5.91 Å². The third kappa shape index (κ3) is 4.43. The maximum Gasteiger partial charge on any atom is 0.226 e. The molecule has 0 aromatic heterocycles. The number of halogens is 1. The summed E-state index contributed by atoms with van der Waals surface area (Å²) >= 11 is 0. The third-order valence-corrected chi connectivity index (χ3v) is 4.21. The largest absolute Gasteiger partial charge is 0.342 e. The van der Waals surface area contributed by atoms with Gasteiger partial charge in [-0.25, -0.2) is 0 Å². The summed E-state index contributed by atoms with van der Waals surface area (Å²) in [5.41, 5.74) is 6.16. The molecule has 2 N–H and O–H groups in total. The lowest BCUT2D eigenvalue weighted by Gasteiger charge is -2.39. The summed E-state index contributed by atoms with van der Waals surface area (Å²) in [6.07, 6.45) is 2.25. The molecule has 0 radical (unpaired) electrons. The van der Waals surface area contributed by atoms with E-state index in [2.05, 4.69) is 20.8 Å². The van der Waals surface area contributed by atoms with E-state index in [1.165, 1.54) is 0 Å². The Balaban J connectivity index is 0.00000289. The number of hydrogen-bond acceptors (Lipinski definition) is 2. The maximum absolute atomic E-state index is 12.1. The molecule has 0 aromatic rings. The SMILES string of the molecule is CC(N)C(C)C(=O)N1CCC(C(C)(C)C)CC1.Cl. The Morgan fingerprint density at radius 2 is 1.67 bits per heavy atom. The van der Waals surface area contributed by atoms with Gasteiger partial charge in [-0.05, 0) is 31.1 Å². The van der Waals surface area contributed by atoms with E-state index in [9.17, 15) is 4.79 Å². The molecule has 0 aliphatic carbocycles. The fraction of sp³-hybridized carbons (Fsp3) is 0.929. The van der Waals surface area contributed by atoms with Gasteiger partial charge in [-0.1, -0.05) is 27.7 Å². The van der Waals surface area contributed by atoms with Gasteiger partial charge >= 0.3 is 0 Å². The molecule has 2 unspecified atom stereocenters. The molecule has 0 spiro atoms. The number of rotatable bonds is 2. The zero-order valence-corrected chi connectivity index (χ0v) is 13.2. The molecule has 1 saturated heterocycles. The average Bonchev–Trinajstić information content (AvgIpc) is 2.26. The number of carbonyl (C=O) groups excluding carboxylic acids is 1. The first kappa shape index (κ1) is 17.7. The Bertz CT molecular complexity index is 265. The van der Waals surface area contributed by atoms with Crippen molar-refractivity contribution in [3.63, 3.8) is 0 Å². The van der Waals surface area contributed by atoms with E-state index in [1.54, 1.807) is 0 Å². The lowest BCUT2D eigenvalue weighted by Crippen LogP contribution is -2.46. The Morgan fingerprint density at radius 1 is 1.22 bits per heavy atom. The van der Waals surface area contributed by atoms with Gasteiger partial charge in [0.15, 0.2) is 0 Å². The number of nitrogens with two attached hydrogens (primary N) is 1. The van der Waals surface area contributed by atoms with Crippen LogP contribution in [0.15, 0.2) is 0 Å². The van der Waals surface area contributed by atoms with Crippen molar-refractivity contribution in [3.05, 3.63) is 0 Å². The van der Waals surface area contributed by atoms with Crippen LogP contribution in [-0.2, 0) is 4.79 Å². The Hall–Kier alpha value is -0.280. The number of amides is 1. The van der Waals surface area contributed by atoms with Crippen LogP contribution < -0.4 is 5.73 Å². The molecule has 1 aliphatic rings. The van der Waals surface area contributed by atoms with Crippen molar-refractivity contribution < 1.29 is 4.79 Å². The molecule has 0 bridgehead atoms. The summed E-state index contributed by atoms with van der Waals surface area (Å²) in [5, 5.41) is 0. The lowest BCUT2D eigenvalue weighted by molar-refractivity contribution is -0.137. The van der Waals surface area contributed by atoms with Gasteiger partial charge in [-0.3, -0.25) is 4.79 Å². The highest BCUT2D eigenvalue weighted by Crippen LogP contribution is 2.34. The normalized spacial score (nSPS) is 21.1. The predicted octanol–water partition coefficient (Wildman–Crippen LogP) is 2.68. The highest BCUT2D eigenvalue weighted by Gasteiger charge is 2.32. The smallest absolute Gasteiger partial charge is 0.226 e. The van der Waals surface area contributed by atoms with E-state index in [0.29, 0.717) is 5.41 Å². The second-order valence-corrected chi connectivity index (χ2v) is 6.61. The molecular formula is C14H29ClN2O. The molecule has 4 heteroatoms. The zero-order valence-electron chi connectivity index (χ0n) is 12.4. The number of piperidine rings is 1. The van der Waals surface area contributed by atoms with Gasteiger partial charge in [0.1, 0.15) is 0 Å². The monoisotopic (exact) mass is 276 g/mol. The summed E-state index contributed by atoms with van der Waals surface area (Å²) < 4.78 is 0. The van der Waals surface area contributed by atoms with E-state index in [4.69, 9.17) is 5.73 Å². The molecule has 0 saturated carbocycles. The molecule has 108 valence electrons. The molecule has 2 atom stereocenters. The van der Waals surface area contributed by atoms with E-state index >= 15 is 0 Å². The standard InChI is InChI=1S/C14H28N2O.ClH/c1-10(11(2)15)13(17)16-8-6-12(7-9-16)14(3,4)5;/h10-12H,6-9,15H2,1-5H3;1H. The number of likely N-dealkylation sites (tertiary alicyclic amines) is 1. The van der Waals surface area contributed by atoms with Crippen molar-refractivity contribution in [2.24, 2.45) is 23.0 Å². The van der Waals surface area contributed by atoms with Gasteiger partial charge in [0.25, 0.3) is 0 Å². The molecule has 18 heavy (non-hydrogen) atoms. The summed E-state index contributed by atoms with van der Waals surface area (Å²) in [4.78, 5) is 14.1. The van der Waals surface area contributed by atoms with Crippen molar-refractivity contribution >= 4 is 18.3 Å². The van der Waals surface area contributed by atoms with Crippen LogP contribution in [0.4, 0.5) is 0 Å². The highest BCUT2D eigenvalue weighted by molar-refractivity contribution is 5.85. The molecule has 1 fully saturated rings. The van der Waals surface area contributed by atoms with Crippen LogP contribution in [0.25, 0.3) is 0 Å². The van der Waals surface area contributed by atoms with Crippen molar-refractivity contribution in [2.45, 2.75) is 53.5 Å². The van der Waals surface area contributed by atoms with Crippen molar-refractivity contribution in [1.82, 2.24) is 4.90 Å². The molecule has 1 rings (SSSR count). The van der Waals surface area contributed by atoms with Crippen LogP contribution in [0.5, 0.6) is 0 Å². The summed E-state index contributed by atoms with van der Waals surface area (Å²) in [6, 6.07) is -0.0529. The molecule has 1 heterocycles. The van der Waals surface area contributed by atoms with Gasteiger partial charge in [-0.15, -0.1) is 12.4 Å².